The number of hydrogen-bond acceptors (Lipinski definition) is 6. The molecule has 1 heterocycles. The Labute approximate surface area is 193 Å². The van der Waals surface area contributed by atoms with Crippen LogP contribution in [0.1, 0.15) is 15.2 Å². The second-order valence-corrected chi connectivity index (χ2v) is 9.79. The number of esters is 1. The molecule has 0 aliphatic carbocycles. The zero-order chi connectivity index (χ0) is 23.5. The van der Waals surface area contributed by atoms with Crippen molar-refractivity contribution in [3.63, 3.8) is 0 Å². The minimum atomic E-state index is -4.35. The van der Waals surface area contributed by atoms with Gasteiger partial charge < -0.3 is 10.1 Å². The number of amides is 1. The molecule has 0 saturated carbocycles. The number of benzene rings is 2. The number of hydrogen-bond donors (Lipinski definition) is 1. The van der Waals surface area contributed by atoms with Crippen LogP contribution in [0.5, 0.6) is 0 Å². The fourth-order valence-electron chi connectivity index (χ4n) is 2.78. The molecule has 0 aliphatic heterocycles. The average molecular weight is 497 g/mol. The van der Waals surface area contributed by atoms with E-state index in [4.69, 9.17) is 11.6 Å². The van der Waals surface area contributed by atoms with E-state index < -0.39 is 34.3 Å². The molecule has 3 rings (SSSR count). The van der Waals surface area contributed by atoms with Gasteiger partial charge in [0.15, 0.2) is 0 Å². The van der Waals surface area contributed by atoms with Crippen LogP contribution < -0.4 is 9.62 Å². The van der Waals surface area contributed by atoms with Crippen molar-refractivity contribution in [2.75, 3.05) is 23.3 Å². The van der Waals surface area contributed by atoms with Gasteiger partial charge in [0.05, 0.1) is 12.8 Å². The number of rotatable bonds is 7. The van der Waals surface area contributed by atoms with Gasteiger partial charge in [-0.2, -0.15) is 0 Å². The van der Waals surface area contributed by atoms with E-state index in [1.165, 1.54) is 47.8 Å². The SMILES string of the molecule is COC(=O)c1sccc1S(=O)(=O)N(CC(=O)Nc1ccc(C)c(F)c1)c1ccc(Cl)cc1. The lowest BCUT2D eigenvalue weighted by atomic mass is 10.2. The first-order valence-corrected chi connectivity index (χ1v) is 11.8. The summed E-state index contributed by atoms with van der Waals surface area (Å²) >= 11 is 6.82. The summed E-state index contributed by atoms with van der Waals surface area (Å²) in [5, 5.41) is 4.30. The molecular formula is C21H18ClFN2O5S2. The van der Waals surface area contributed by atoms with Gasteiger partial charge in [-0.1, -0.05) is 17.7 Å². The molecule has 1 N–H and O–H groups in total. The number of ether oxygens (including phenoxy) is 1. The van der Waals surface area contributed by atoms with Gasteiger partial charge in [-0.3, -0.25) is 9.10 Å². The van der Waals surface area contributed by atoms with Crippen molar-refractivity contribution in [3.05, 3.63) is 75.2 Å². The Bertz CT molecular complexity index is 1260. The Morgan fingerprint density at radius 2 is 1.84 bits per heavy atom. The topological polar surface area (TPSA) is 92.8 Å². The van der Waals surface area contributed by atoms with Crippen LogP contribution in [0, 0.1) is 12.7 Å². The molecule has 0 saturated heterocycles. The van der Waals surface area contributed by atoms with Crippen molar-refractivity contribution in [1.29, 1.82) is 0 Å². The van der Waals surface area contributed by atoms with Gasteiger partial charge in [0.1, 0.15) is 22.1 Å². The van der Waals surface area contributed by atoms with E-state index in [1.807, 2.05) is 0 Å². The lowest BCUT2D eigenvalue weighted by Crippen LogP contribution is -2.38. The summed E-state index contributed by atoms with van der Waals surface area (Å²) in [4.78, 5) is 24.3. The van der Waals surface area contributed by atoms with Crippen molar-refractivity contribution in [1.82, 2.24) is 0 Å². The molecule has 0 fully saturated rings. The third-order valence-electron chi connectivity index (χ3n) is 4.43. The van der Waals surface area contributed by atoms with Gasteiger partial charge in [0.2, 0.25) is 5.91 Å². The number of nitrogens with zero attached hydrogens (tertiary/aromatic N) is 1. The van der Waals surface area contributed by atoms with Crippen LogP contribution in [0.2, 0.25) is 5.02 Å². The molecule has 7 nitrogen and oxygen atoms in total. The molecular weight excluding hydrogens is 479 g/mol. The van der Waals surface area contributed by atoms with E-state index in [0.717, 1.165) is 28.8 Å². The first kappa shape index (κ1) is 23.7. The lowest BCUT2D eigenvalue weighted by Gasteiger charge is -2.24. The van der Waals surface area contributed by atoms with E-state index in [0.29, 0.717) is 10.6 Å². The molecule has 1 aromatic heterocycles. The Hall–Kier alpha value is -2.95. The van der Waals surface area contributed by atoms with E-state index in [2.05, 4.69) is 10.1 Å². The summed E-state index contributed by atoms with van der Waals surface area (Å²) in [6, 6.07) is 11.2. The van der Waals surface area contributed by atoms with E-state index in [1.54, 1.807) is 6.92 Å². The number of thiophene rings is 1. The Balaban J connectivity index is 1.98. The highest BCUT2D eigenvalue weighted by Crippen LogP contribution is 2.30. The number of aryl methyl sites for hydroxylation is 1. The standard InChI is InChI=1S/C21H18ClFN2O5S2/c1-13-3-6-15(11-17(13)23)24-19(26)12-25(16-7-4-14(22)5-8-16)32(28,29)18-9-10-31-20(18)21(27)30-2/h3-11H,12H2,1-2H3,(H,24,26). The van der Waals surface area contributed by atoms with Gasteiger partial charge >= 0.3 is 5.97 Å². The van der Waals surface area contributed by atoms with Crippen LogP contribution in [0.15, 0.2) is 58.8 Å². The maximum atomic E-state index is 13.8. The summed E-state index contributed by atoms with van der Waals surface area (Å²) in [6.07, 6.45) is 0. The summed E-state index contributed by atoms with van der Waals surface area (Å²) < 4.78 is 46.2. The van der Waals surface area contributed by atoms with E-state index in [9.17, 15) is 22.4 Å². The molecule has 0 aliphatic rings. The zero-order valence-corrected chi connectivity index (χ0v) is 19.4. The molecule has 3 aromatic rings. The molecule has 0 unspecified atom stereocenters. The van der Waals surface area contributed by atoms with Crippen molar-refractivity contribution in [2.24, 2.45) is 0 Å². The largest absolute Gasteiger partial charge is 0.465 e. The van der Waals surface area contributed by atoms with Crippen molar-refractivity contribution >= 4 is 56.2 Å². The number of halogens is 2. The minimum absolute atomic E-state index is 0.118. The van der Waals surface area contributed by atoms with Crippen LogP contribution in [0.25, 0.3) is 0 Å². The summed E-state index contributed by atoms with van der Waals surface area (Å²) in [7, 11) is -3.20. The number of carbonyl (C=O) groups is 2. The molecule has 11 heteroatoms. The number of methoxy groups -OCH3 is 1. The second-order valence-electron chi connectivity index (χ2n) is 6.61. The number of carbonyl (C=O) groups excluding carboxylic acids is 2. The van der Waals surface area contributed by atoms with Gasteiger partial charge in [-0.15, -0.1) is 11.3 Å². The number of anilines is 2. The van der Waals surface area contributed by atoms with Crippen molar-refractivity contribution < 1.29 is 27.1 Å². The van der Waals surface area contributed by atoms with Crippen LogP contribution >= 0.6 is 22.9 Å². The first-order chi connectivity index (χ1) is 15.1. The number of sulfonamides is 1. The van der Waals surface area contributed by atoms with Gasteiger partial charge in [-0.25, -0.2) is 17.6 Å². The summed E-state index contributed by atoms with van der Waals surface area (Å²) in [5.41, 5.74) is 0.736. The quantitative estimate of drug-likeness (QED) is 0.487. The molecule has 0 bridgehead atoms. The predicted molar refractivity (Wildman–Crippen MR) is 121 cm³/mol. The summed E-state index contributed by atoms with van der Waals surface area (Å²) in [5.74, 6) is -2.03. The first-order valence-electron chi connectivity index (χ1n) is 9.13. The molecule has 0 spiro atoms. The highest BCUT2D eigenvalue weighted by Gasteiger charge is 2.32. The van der Waals surface area contributed by atoms with Crippen LogP contribution in [-0.4, -0.2) is 33.9 Å². The molecule has 32 heavy (non-hydrogen) atoms. The third kappa shape index (κ3) is 5.09. The van der Waals surface area contributed by atoms with Crippen LogP contribution in [0.3, 0.4) is 0 Å². The van der Waals surface area contributed by atoms with Gasteiger partial charge in [-0.05, 0) is 60.3 Å². The Morgan fingerprint density at radius 1 is 1.16 bits per heavy atom. The third-order valence-corrected chi connectivity index (χ3v) is 7.52. The van der Waals surface area contributed by atoms with Crippen LogP contribution in [-0.2, 0) is 19.6 Å². The van der Waals surface area contributed by atoms with Gasteiger partial charge in [0.25, 0.3) is 10.0 Å². The highest BCUT2D eigenvalue weighted by molar-refractivity contribution is 7.93. The normalized spacial score (nSPS) is 11.1. The van der Waals surface area contributed by atoms with Gasteiger partial charge in [0, 0.05) is 10.7 Å². The maximum absolute atomic E-state index is 13.8. The Morgan fingerprint density at radius 3 is 2.47 bits per heavy atom. The average Bonchev–Trinajstić information content (AvgIpc) is 3.26. The molecule has 0 atom stereocenters. The van der Waals surface area contributed by atoms with E-state index in [-0.39, 0.29) is 21.1 Å². The lowest BCUT2D eigenvalue weighted by molar-refractivity contribution is -0.114. The monoisotopic (exact) mass is 496 g/mol. The van der Waals surface area contributed by atoms with Crippen LogP contribution in [0.4, 0.5) is 15.8 Å². The molecule has 1 amide bonds. The Kier molecular flexibility index (Phi) is 7.17. The fourth-order valence-corrected chi connectivity index (χ4v) is 5.64. The second kappa shape index (κ2) is 9.68. The fraction of sp³-hybridized carbons (Fsp3) is 0.143. The smallest absolute Gasteiger partial charge is 0.349 e. The molecule has 2 aromatic carbocycles. The van der Waals surface area contributed by atoms with Crippen molar-refractivity contribution in [2.45, 2.75) is 11.8 Å². The zero-order valence-electron chi connectivity index (χ0n) is 17.0. The molecule has 168 valence electrons. The van der Waals surface area contributed by atoms with E-state index >= 15 is 0 Å². The minimum Gasteiger partial charge on any atom is -0.465 e. The highest BCUT2D eigenvalue weighted by atomic mass is 35.5. The van der Waals surface area contributed by atoms with Crippen molar-refractivity contribution in [3.8, 4) is 0 Å². The maximum Gasteiger partial charge on any atom is 0.349 e. The number of nitrogens with one attached hydrogen (secondary N) is 1. The molecule has 0 radical (unpaired) electrons. The predicted octanol–water partition coefficient (Wildman–Crippen LogP) is 4.47. The summed E-state index contributed by atoms with van der Waals surface area (Å²) in [6.45, 7) is 0.950.